The lowest BCUT2D eigenvalue weighted by atomic mass is 10.3. The number of carbonyl (C=O) groups excluding carboxylic acids is 1. The molecule has 0 atom stereocenters. The zero-order valence-electron chi connectivity index (χ0n) is 14.5. The summed E-state index contributed by atoms with van der Waals surface area (Å²) in [5.41, 5.74) is 0. The van der Waals surface area contributed by atoms with E-state index in [4.69, 9.17) is 0 Å². The molecule has 6 nitrogen and oxygen atoms in total. The van der Waals surface area contributed by atoms with Crippen LogP contribution in [-0.2, 0) is 14.8 Å². The van der Waals surface area contributed by atoms with Crippen LogP contribution in [0.3, 0.4) is 0 Å². The minimum atomic E-state index is -3.89. The topological polar surface area (TPSA) is 60.9 Å². The molecule has 26 heavy (non-hydrogen) atoms. The van der Waals surface area contributed by atoms with E-state index in [-0.39, 0.29) is 23.9 Å². The second-order valence-corrected chi connectivity index (χ2v) is 8.64. The van der Waals surface area contributed by atoms with Gasteiger partial charge >= 0.3 is 0 Å². The number of nitrogens with zero attached hydrogens (tertiary/aromatic N) is 3. The molecule has 0 unspecified atom stereocenters. The zero-order chi connectivity index (χ0) is 18.7. The summed E-state index contributed by atoms with van der Waals surface area (Å²) in [4.78, 5) is 15.8. The Hall–Kier alpha value is -1.58. The molecule has 2 aliphatic heterocycles. The van der Waals surface area contributed by atoms with E-state index in [2.05, 4.69) is 0 Å². The molecule has 2 fully saturated rings. The Kier molecular flexibility index (Phi) is 5.89. The Morgan fingerprint density at radius 2 is 1.65 bits per heavy atom. The maximum absolute atomic E-state index is 13.4. The highest BCUT2D eigenvalue weighted by Crippen LogP contribution is 2.20. The van der Waals surface area contributed by atoms with Crippen LogP contribution >= 0.6 is 0 Å². The van der Waals surface area contributed by atoms with Crippen molar-refractivity contribution in [3.63, 3.8) is 0 Å². The van der Waals surface area contributed by atoms with E-state index in [1.165, 1.54) is 4.31 Å². The summed E-state index contributed by atoms with van der Waals surface area (Å²) >= 11 is 0. The molecule has 1 aromatic rings. The third-order valence-corrected chi connectivity index (χ3v) is 6.79. The smallest absolute Gasteiger partial charge is 0.243 e. The molecule has 0 aliphatic carbocycles. The maximum atomic E-state index is 13.4. The first-order valence-corrected chi connectivity index (χ1v) is 10.3. The predicted molar refractivity (Wildman–Crippen MR) is 92.0 cm³/mol. The molecule has 0 radical (unpaired) electrons. The zero-order valence-corrected chi connectivity index (χ0v) is 15.4. The fraction of sp³-hybridized carbons (Fsp3) is 0.588. The average molecular weight is 387 g/mol. The van der Waals surface area contributed by atoms with Gasteiger partial charge in [0.15, 0.2) is 11.6 Å². The predicted octanol–water partition coefficient (Wildman–Crippen LogP) is 1.28. The van der Waals surface area contributed by atoms with Crippen molar-refractivity contribution in [2.75, 3.05) is 45.8 Å². The summed E-state index contributed by atoms with van der Waals surface area (Å²) in [6.45, 7) is 3.45. The highest BCUT2D eigenvalue weighted by molar-refractivity contribution is 7.89. The molecule has 0 bridgehead atoms. The quantitative estimate of drug-likeness (QED) is 0.781. The molecule has 144 valence electrons. The number of likely N-dealkylation sites (tertiary alicyclic amines) is 1. The van der Waals surface area contributed by atoms with Crippen LogP contribution < -0.4 is 0 Å². The molecule has 2 heterocycles. The number of hydrogen-bond donors (Lipinski definition) is 0. The molecule has 9 heteroatoms. The monoisotopic (exact) mass is 387 g/mol. The summed E-state index contributed by atoms with van der Waals surface area (Å²) in [6, 6.07) is 2.61. The van der Waals surface area contributed by atoms with Gasteiger partial charge in [0, 0.05) is 32.7 Å². The van der Waals surface area contributed by atoms with E-state index in [0.29, 0.717) is 32.1 Å². The fourth-order valence-corrected chi connectivity index (χ4v) is 4.87. The molecule has 2 aliphatic rings. The Morgan fingerprint density at radius 3 is 2.35 bits per heavy atom. The second-order valence-electron chi connectivity index (χ2n) is 6.70. The number of amides is 1. The minimum Gasteiger partial charge on any atom is -0.342 e. The van der Waals surface area contributed by atoms with Crippen molar-refractivity contribution in [1.82, 2.24) is 14.1 Å². The van der Waals surface area contributed by atoms with Gasteiger partial charge in [-0.3, -0.25) is 9.69 Å². The largest absolute Gasteiger partial charge is 0.342 e. The first-order chi connectivity index (χ1) is 12.4. The van der Waals surface area contributed by atoms with Gasteiger partial charge in [0.25, 0.3) is 0 Å². The Balaban J connectivity index is 1.63. The number of halogens is 2. The summed E-state index contributed by atoms with van der Waals surface area (Å²) in [7, 11) is -3.89. The summed E-state index contributed by atoms with van der Waals surface area (Å²) in [5.74, 6) is -2.18. The van der Waals surface area contributed by atoms with Crippen LogP contribution in [0.25, 0.3) is 0 Å². The fourth-order valence-electron chi connectivity index (χ4n) is 3.39. The van der Waals surface area contributed by atoms with Gasteiger partial charge in [0.05, 0.1) is 11.4 Å². The van der Waals surface area contributed by atoms with Crippen molar-refractivity contribution in [2.45, 2.75) is 24.2 Å². The van der Waals surface area contributed by atoms with E-state index >= 15 is 0 Å². The average Bonchev–Trinajstić information content (AvgIpc) is 3.04. The third-order valence-electron chi connectivity index (χ3n) is 4.89. The lowest BCUT2D eigenvalue weighted by molar-refractivity contribution is -0.131. The van der Waals surface area contributed by atoms with Gasteiger partial charge in [0.1, 0.15) is 0 Å². The van der Waals surface area contributed by atoms with Crippen molar-refractivity contribution in [2.24, 2.45) is 0 Å². The molecular formula is C17H23F2N3O3S. The normalized spacial score (nSPS) is 20.3. The third kappa shape index (κ3) is 4.21. The Morgan fingerprint density at radius 1 is 0.923 bits per heavy atom. The van der Waals surface area contributed by atoms with Crippen molar-refractivity contribution in [3.05, 3.63) is 29.8 Å². The molecule has 1 aromatic carbocycles. The molecule has 0 aromatic heterocycles. The van der Waals surface area contributed by atoms with Gasteiger partial charge < -0.3 is 4.90 Å². The molecular weight excluding hydrogens is 364 g/mol. The summed E-state index contributed by atoms with van der Waals surface area (Å²) < 4.78 is 53.1. The maximum Gasteiger partial charge on any atom is 0.243 e. The van der Waals surface area contributed by atoms with Crippen LogP contribution in [0, 0.1) is 11.6 Å². The first kappa shape index (κ1) is 19.2. The molecule has 3 rings (SSSR count). The van der Waals surface area contributed by atoms with Crippen LogP contribution in [0.4, 0.5) is 8.78 Å². The van der Waals surface area contributed by atoms with Crippen LogP contribution in [-0.4, -0.2) is 74.2 Å². The van der Waals surface area contributed by atoms with Gasteiger partial charge in [-0.1, -0.05) is 0 Å². The highest BCUT2D eigenvalue weighted by Gasteiger charge is 2.29. The Labute approximate surface area is 152 Å². The van der Waals surface area contributed by atoms with E-state index in [1.54, 1.807) is 0 Å². The SMILES string of the molecule is O=C(CN1CCCN(S(=O)(=O)c2ccc(F)c(F)c2)CC1)N1CCCC1. The molecule has 0 N–H and O–H groups in total. The molecule has 0 spiro atoms. The van der Waals surface area contributed by atoms with E-state index in [0.717, 1.165) is 38.1 Å². The van der Waals surface area contributed by atoms with Gasteiger partial charge in [-0.2, -0.15) is 4.31 Å². The van der Waals surface area contributed by atoms with E-state index in [1.807, 2.05) is 9.80 Å². The second kappa shape index (κ2) is 7.98. The first-order valence-electron chi connectivity index (χ1n) is 8.83. The number of rotatable bonds is 4. The van der Waals surface area contributed by atoms with E-state index in [9.17, 15) is 22.0 Å². The molecule has 1 amide bonds. The number of carbonyl (C=O) groups is 1. The van der Waals surface area contributed by atoms with Crippen molar-refractivity contribution < 1.29 is 22.0 Å². The Bertz CT molecular complexity index is 767. The minimum absolute atomic E-state index is 0.0828. The van der Waals surface area contributed by atoms with Crippen molar-refractivity contribution in [1.29, 1.82) is 0 Å². The van der Waals surface area contributed by atoms with Crippen LogP contribution in [0.5, 0.6) is 0 Å². The lowest BCUT2D eigenvalue weighted by Crippen LogP contribution is -2.41. The number of sulfonamides is 1. The lowest BCUT2D eigenvalue weighted by Gasteiger charge is -2.23. The molecule has 2 saturated heterocycles. The highest BCUT2D eigenvalue weighted by atomic mass is 32.2. The van der Waals surface area contributed by atoms with Gasteiger partial charge in [-0.15, -0.1) is 0 Å². The van der Waals surface area contributed by atoms with Gasteiger partial charge in [0.2, 0.25) is 15.9 Å². The van der Waals surface area contributed by atoms with Gasteiger partial charge in [-0.05, 0) is 44.0 Å². The summed E-state index contributed by atoms with van der Waals surface area (Å²) in [6.07, 6.45) is 2.65. The summed E-state index contributed by atoms with van der Waals surface area (Å²) in [5, 5.41) is 0. The van der Waals surface area contributed by atoms with Crippen molar-refractivity contribution >= 4 is 15.9 Å². The number of benzene rings is 1. The molecule has 0 saturated carbocycles. The van der Waals surface area contributed by atoms with Crippen LogP contribution in [0.2, 0.25) is 0 Å². The standard InChI is InChI=1S/C17H23F2N3O3S/c18-15-5-4-14(12-16(15)19)26(24,25)22-9-3-6-20(10-11-22)13-17(23)21-7-1-2-8-21/h4-5,12H,1-3,6-11,13H2. The van der Waals surface area contributed by atoms with Gasteiger partial charge in [-0.25, -0.2) is 17.2 Å². The van der Waals surface area contributed by atoms with Crippen LogP contribution in [0.1, 0.15) is 19.3 Å². The van der Waals surface area contributed by atoms with E-state index < -0.39 is 21.7 Å². The van der Waals surface area contributed by atoms with Crippen LogP contribution in [0.15, 0.2) is 23.1 Å². The number of hydrogen-bond acceptors (Lipinski definition) is 4. The van der Waals surface area contributed by atoms with Crippen molar-refractivity contribution in [3.8, 4) is 0 Å².